The van der Waals surface area contributed by atoms with E-state index in [1.165, 1.54) is 0 Å². The Morgan fingerprint density at radius 1 is 0.800 bits per heavy atom. The quantitative estimate of drug-likeness (QED) is 0.611. The third kappa shape index (κ3) is 3.20. The van der Waals surface area contributed by atoms with Crippen molar-refractivity contribution in [2.45, 2.75) is 38.2 Å². The van der Waals surface area contributed by atoms with Crippen molar-refractivity contribution in [1.82, 2.24) is 0 Å². The average molecular weight is 180 g/mol. The Labute approximate surface area is 69.9 Å². The molecule has 0 saturated carbocycles. The first-order valence-corrected chi connectivity index (χ1v) is 7.67. The lowest BCUT2D eigenvalue weighted by atomic mass is 10.6. The van der Waals surface area contributed by atoms with Crippen molar-refractivity contribution in [3.05, 3.63) is 0 Å². The van der Waals surface area contributed by atoms with Crippen molar-refractivity contribution in [1.29, 1.82) is 0 Å². The fraction of sp³-hybridized carbons (Fsp3) is 1.00. The molecule has 0 saturated heterocycles. The van der Waals surface area contributed by atoms with Crippen LogP contribution in [0.2, 0.25) is 0 Å². The van der Waals surface area contributed by atoms with Gasteiger partial charge in [0.15, 0.2) is 0 Å². The zero-order valence-electron chi connectivity index (χ0n) is 7.97. The summed E-state index contributed by atoms with van der Waals surface area (Å²) < 4.78 is 0. The minimum atomic E-state index is 0.614. The van der Waals surface area contributed by atoms with E-state index < -0.39 is 0 Å². The van der Waals surface area contributed by atoms with Gasteiger partial charge in [-0.05, 0) is 23.0 Å². The molecule has 0 atom stereocenters. The van der Waals surface area contributed by atoms with Gasteiger partial charge in [0.1, 0.15) is 0 Å². The highest BCUT2D eigenvalue weighted by Gasteiger charge is 2.06. The molecule has 0 fully saturated rings. The second-order valence-electron chi connectivity index (χ2n) is 3.17. The van der Waals surface area contributed by atoms with Crippen LogP contribution in [0, 0.1) is 0 Å². The van der Waals surface area contributed by atoms with Gasteiger partial charge in [0.2, 0.25) is 0 Å². The molecule has 0 aliphatic rings. The van der Waals surface area contributed by atoms with Gasteiger partial charge < -0.3 is 0 Å². The van der Waals surface area contributed by atoms with Crippen LogP contribution in [0.1, 0.15) is 27.7 Å². The molecule has 0 aliphatic carbocycles. The lowest BCUT2D eigenvalue weighted by Gasteiger charge is -2.19. The largest absolute Gasteiger partial charge is 0.168 e. The van der Waals surface area contributed by atoms with Crippen molar-refractivity contribution in [3.8, 4) is 0 Å². The zero-order chi connectivity index (χ0) is 8.31. The Kier molecular flexibility index (Phi) is 4.87. The van der Waals surface area contributed by atoms with Gasteiger partial charge in [0.25, 0.3) is 0 Å². The lowest BCUT2D eigenvalue weighted by Crippen LogP contribution is -2.19. The summed E-state index contributed by atoms with van der Waals surface area (Å²) in [6.07, 6.45) is 4.73. The highest BCUT2D eigenvalue weighted by Crippen LogP contribution is 2.07. The molecule has 0 aromatic heterocycles. The van der Waals surface area contributed by atoms with Gasteiger partial charge in [-0.25, -0.2) is 0 Å². The van der Waals surface area contributed by atoms with Crippen LogP contribution in [0.25, 0.3) is 0 Å². The van der Waals surface area contributed by atoms with Gasteiger partial charge in [0.05, 0.1) is 0 Å². The molecule has 0 bridgehead atoms. The maximum Gasteiger partial charge on any atom is -0.000747 e. The maximum atomic E-state index is 2.36. The highest BCUT2D eigenvalue weighted by atomic mass is 32.9. The normalized spacial score (nSPS) is 12.6. The molecular formula is C8H20S2. The molecule has 0 aliphatic heterocycles. The Hall–Kier alpha value is 0.700. The zero-order valence-corrected chi connectivity index (χ0v) is 9.60. The fourth-order valence-electron chi connectivity index (χ4n) is 1.31. The summed E-state index contributed by atoms with van der Waals surface area (Å²) in [5.74, 6) is 0. The first-order chi connectivity index (χ1) is 4.46. The Bertz CT molecular complexity index is 120. The molecule has 0 aromatic rings. The van der Waals surface area contributed by atoms with Crippen molar-refractivity contribution in [3.63, 3.8) is 0 Å². The van der Waals surface area contributed by atoms with E-state index in [2.05, 4.69) is 40.2 Å². The van der Waals surface area contributed by atoms with Crippen molar-refractivity contribution in [2.75, 3.05) is 12.5 Å². The second kappa shape index (κ2) is 4.55. The molecule has 0 spiro atoms. The topological polar surface area (TPSA) is 0 Å². The van der Waals surface area contributed by atoms with E-state index in [0.29, 0.717) is 18.9 Å². The molecule has 0 rings (SSSR count). The molecule has 64 valence electrons. The first-order valence-electron chi connectivity index (χ1n) is 3.76. The molecule has 0 nitrogen and oxygen atoms in total. The van der Waals surface area contributed by atoms with E-state index in [1.807, 2.05) is 0 Å². The van der Waals surface area contributed by atoms with Crippen LogP contribution in [-0.4, -0.2) is 23.0 Å². The van der Waals surface area contributed by atoms with Crippen LogP contribution >= 0.6 is 0 Å². The molecule has 0 N–H and O–H groups in total. The minimum absolute atomic E-state index is 0.614. The van der Waals surface area contributed by atoms with Gasteiger partial charge in [0, 0.05) is 0 Å². The molecule has 0 radical (unpaired) electrons. The minimum Gasteiger partial charge on any atom is -0.168 e. The fourth-order valence-corrected chi connectivity index (χ4v) is 8.56. The molecule has 0 unspecified atom stereocenters. The van der Waals surface area contributed by atoms with Gasteiger partial charge in [-0.15, -0.1) is 0 Å². The standard InChI is InChI=1S/C8H20S2/c1-7(2)10(8(3)4)9(5)6/h7-8H,1-6H3. The third-order valence-electron chi connectivity index (χ3n) is 1.31. The Morgan fingerprint density at radius 2 is 1.10 bits per heavy atom. The predicted octanol–water partition coefficient (Wildman–Crippen LogP) is 2.21. The van der Waals surface area contributed by atoms with E-state index in [4.69, 9.17) is 0 Å². The number of hydrogen-bond donors (Lipinski definition) is 0. The molecule has 10 heavy (non-hydrogen) atoms. The van der Waals surface area contributed by atoms with Crippen LogP contribution in [0.3, 0.4) is 0 Å². The van der Waals surface area contributed by atoms with Gasteiger partial charge in [-0.2, -0.15) is 18.9 Å². The number of rotatable bonds is 2. The Morgan fingerprint density at radius 3 is 1.10 bits per heavy atom. The summed E-state index contributed by atoms with van der Waals surface area (Å²) >= 11 is 0. The van der Waals surface area contributed by atoms with Crippen LogP contribution < -0.4 is 0 Å². The Balaban J connectivity index is 4.44. The van der Waals surface area contributed by atoms with Crippen LogP contribution in [0.4, 0.5) is 0 Å². The maximum absolute atomic E-state index is 2.36. The summed E-state index contributed by atoms with van der Waals surface area (Å²) in [7, 11) is 1.26. The smallest absolute Gasteiger partial charge is 0.000747 e. The summed E-state index contributed by atoms with van der Waals surface area (Å²) in [4.78, 5) is 0. The predicted molar refractivity (Wildman–Crippen MR) is 56.9 cm³/mol. The SMILES string of the molecule is CC(C)S(C(C)C)=S(C)C. The van der Waals surface area contributed by atoms with Crippen molar-refractivity contribution < 1.29 is 0 Å². The molecular weight excluding hydrogens is 160 g/mol. The summed E-state index contributed by atoms with van der Waals surface area (Å²) in [6.45, 7) is 9.37. The van der Waals surface area contributed by atoms with E-state index in [1.54, 1.807) is 0 Å². The summed E-state index contributed by atoms with van der Waals surface area (Å²) in [5, 5.41) is 1.75. The van der Waals surface area contributed by atoms with Crippen LogP contribution in [0.15, 0.2) is 0 Å². The average Bonchev–Trinajstić information content (AvgIpc) is 1.59. The molecule has 0 aromatic carbocycles. The van der Waals surface area contributed by atoms with Crippen molar-refractivity contribution in [2.24, 2.45) is 0 Å². The van der Waals surface area contributed by atoms with Crippen LogP contribution in [-0.2, 0) is 18.9 Å². The van der Waals surface area contributed by atoms with Gasteiger partial charge in [-0.3, -0.25) is 0 Å². The van der Waals surface area contributed by atoms with E-state index in [-0.39, 0.29) is 0 Å². The van der Waals surface area contributed by atoms with E-state index in [9.17, 15) is 0 Å². The third-order valence-corrected chi connectivity index (χ3v) is 8.56. The lowest BCUT2D eigenvalue weighted by molar-refractivity contribution is 1.04. The summed E-state index contributed by atoms with van der Waals surface area (Å²) in [6, 6.07) is 0. The van der Waals surface area contributed by atoms with Crippen molar-refractivity contribution >= 4 is 18.9 Å². The van der Waals surface area contributed by atoms with E-state index >= 15 is 0 Å². The first kappa shape index (κ1) is 10.7. The molecule has 0 heterocycles. The highest BCUT2D eigenvalue weighted by molar-refractivity contribution is 8.44. The van der Waals surface area contributed by atoms with E-state index in [0.717, 1.165) is 10.5 Å². The van der Waals surface area contributed by atoms with Gasteiger partial charge in [-0.1, -0.05) is 27.7 Å². The van der Waals surface area contributed by atoms with Crippen LogP contribution in [0.5, 0.6) is 0 Å². The molecule has 2 heteroatoms. The second-order valence-corrected chi connectivity index (χ2v) is 10.3. The van der Waals surface area contributed by atoms with Gasteiger partial charge >= 0.3 is 0 Å². The summed E-state index contributed by atoms with van der Waals surface area (Å²) in [5.41, 5.74) is 0. The number of hydrogen-bond acceptors (Lipinski definition) is 0. The monoisotopic (exact) mass is 180 g/mol. The molecule has 0 amide bonds.